The molecule has 0 saturated carbocycles. The van der Waals surface area contributed by atoms with Crippen LogP contribution in [0.5, 0.6) is 5.75 Å². The van der Waals surface area contributed by atoms with Crippen molar-refractivity contribution in [3.8, 4) is 5.75 Å². The van der Waals surface area contributed by atoms with Crippen molar-refractivity contribution in [2.75, 3.05) is 52.5 Å². The van der Waals surface area contributed by atoms with E-state index in [2.05, 4.69) is 0 Å². The molecule has 29 heavy (non-hydrogen) atoms. The Balaban J connectivity index is 1.58. The van der Waals surface area contributed by atoms with Crippen molar-refractivity contribution in [1.29, 1.82) is 0 Å². The second-order valence-corrected chi connectivity index (χ2v) is 8.49. The maximum absolute atomic E-state index is 13.3. The van der Waals surface area contributed by atoms with Gasteiger partial charge in [-0.15, -0.1) is 0 Å². The van der Waals surface area contributed by atoms with Gasteiger partial charge in [0.2, 0.25) is 5.91 Å². The third-order valence-corrected chi connectivity index (χ3v) is 5.79. The van der Waals surface area contributed by atoms with E-state index in [-0.39, 0.29) is 30.7 Å². The van der Waals surface area contributed by atoms with Crippen LogP contribution >= 0.6 is 11.6 Å². The molecule has 2 saturated heterocycles. The highest BCUT2D eigenvalue weighted by molar-refractivity contribution is 6.30. The normalized spacial score (nSPS) is 25.5. The molecule has 2 fully saturated rings. The van der Waals surface area contributed by atoms with Crippen LogP contribution in [0.1, 0.15) is 19.8 Å². The molecule has 7 nitrogen and oxygen atoms in total. The molecule has 1 aromatic rings. The van der Waals surface area contributed by atoms with Crippen LogP contribution < -0.4 is 4.74 Å². The minimum Gasteiger partial charge on any atom is -0.490 e. The number of hydrogen-bond donors (Lipinski definition) is 2. The number of carbonyl (C=O) groups is 1. The van der Waals surface area contributed by atoms with E-state index in [4.69, 9.17) is 21.1 Å². The van der Waals surface area contributed by atoms with Gasteiger partial charge in [-0.2, -0.15) is 0 Å². The van der Waals surface area contributed by atoms with Gasteiger partial charge in [0, 0.05) is 45.7 Å². The largest absolute Gasteiger partial charge is 0.490 e. The van der Waals surface area contributed by atoms with Gasteiger partial charge in [0.1, 0.15) is 23.8 Å². The summed E-state index contributed by atoms with van der Waals surface area (Å²) < 4.78 is 24.5. The van der Waals surface area contributed by atoms with Gasteiger partial charge in [0.25, 0.3) is 0 Å². The zero-order valence-electron chi connectivity index (χ0n) is 16.6. The molecule has 9 heteroatoms. The van der Waals surface area contributed by atoms with Gasteiger partial charge in [-0.25, -0.2) is 4.39 Å². The number of likely N-dealkylation sites (tertiary alicyclic amines) is 1. The number of nitrogens with zero attached hydrogens (tertiary/aromatic N) is 2. The van der Waals surface area contributed by atoms with Gasteiger partial charge >= 0.3 is 0 Å². The van der Waals surface area contributed by atoms with Gasteiger partial charge in [-0.05, 0) is 25.0 Å². The Labute approximate surface area is 174 Å². The number of rotatable bonds is 5. The average Bonchev–Trinajstić information content (AvgIpc) is 2.84. The van der Waals surface area contributed by atoms with E-state index in [0.29, 0.717) is 51.4 Å². The molecule has 162 valence electrons. The first-order valence-corrected chi connectivity index (χ1v) is 10.1. The van der Waals surface area contributed by atoms with Crippen LogP contribution in [0.25, 0.3) is 0 Å². The predicted molar refractivity (Wildman–Crippen MR) is 106 cm³/mol. The van der Waals surface area contributed by atoms with Crippen molar-refractivity contribution in [2.24, 2.45) is 0 Å². The topological polar surface area (TPSA) is 82.5 Å². The molecule has 0 spiro atoms. The highest BCUT2D eigenvalue weighted by Gasteiger charge is 2.39. The molecule has 0 unspecified atom stereocenters. The number of hydrogen-bond acceptors (Lipinski definition) is 6. The molecule has 0 radical (unpaired) electrons. The van der Waals surface area contributed by atoms with Gasteiger partial charge in [0.15, 0.2) is 0 Å². The van der Waals surface area contributed by atoms with E-state index in [9.17, 15) is 19.4 Å². The molecule has 2 N–H and O–H groups in total. The second-order valence-electron chi connectivity index (χ2n) is 8.08. The number of carbonyl (C=O) groups excluding carboxylic acids is 1. The van der Waals surface area contributed by atoms with Crippen LogP contribution in [-0.2, 0) is 9.53 Å². The zero-order valence-corrected chi connectivity index (χ0v) is 17.3. The second kappa shape index (κ2) is 9.14. The summed E-state index contributed by atoms with van der Waals surface area (Å²) in [6.45, 7) is 4.27. The first-order chi connectivity index (χ1) is 13.7. The summed E-state index contributed by atoms with van der Waals surface area (Å²) >= 11 is 5.77. The third-order valence-electron chi connectivity index (χ3n) is 5.50. The van der Waals surface area contributed by atoms with Crippen LogP contribution in [0, 0.1) is 5.82 Å². The monoisotopic (exact) mass is 430 g/mol. The van der Waals surface area contributed by atoms with E-state index in [1.165, 1.54) is 25.1 Å². The molecule has 0 aliphatic carbocycles. The molecule has 2 heterocycles. The molecule has 3 rings (SSSR count). The maximum atomic E-state index is 13.3. The minimum absolute atomic E-state index is 0.0163. The van der Waals surface area contributed by atoms with Crippen molar-refractivity contribution < 1.29 is 28.9 Å². The fourth-order valence-electron chi connectivity index (χ4n) is 3.82. The van der Waals surface area contributed by atoms with Crippen molar-refractivity contribution >= 4 is 17.5 Å². The van der Waals surface area contributed by atoms with Crippen LogP contribution in [0.3, 0.4) is 0 Å². The standard InChI is InChI=1S/C20H28ClFN2O5/c1-15(25)24-6-4-19(26,5-7-24)11-23-8-9-28-13-20(27,12-23)14-29-16-2-3-18(22)17(21)10-16/h2-3,10,26-27H,4-9,11-14H2,1H3/t20-/m0/s1. The predicted octanol–water partition coefficient (Wildman–Crippen LogP) is 1.29. The van der Waals surface area contributed by atoms with Crippen LogP contribution in [-0.4, -0.2) is 89.7 Å². The lowest BCUT2D eigenvalue weighted by atomic mass is 9.90. The number of β-amino-alcohol motifs (C(OH)–C–C–N with tert-alkyl or cyclic N) is 2. The molecule has 1 atom stereocenters. The molecule has 2 aliphatic heterocycles. The average molecular weight is 431 g/mol. The first kappa shape index (κ1) is 22.2. The van der Waals surface area contributed by atoms with Gasteiger partial charge < -0.3 is 24.6 Å². The summed E-state index contributed by atoms with van der Waals surface area (Å²) in [5, 5.41) is 21.9. The Morgan fingerprint density at radius 3 is 2.66 bits per heavy atom. The first-order valence-electron chi connectivity index (χ1n) is 9.76. The summed E-state index contributed by atoms with van der Waals surface area (Å²) in [6, 6.07) is 4.02. The lowest BCUT2D eigenvalue weighted by Crippen LogP contribution is -2.55. The summed E-state index contributed by atoms with van der Waals surface area (Å²) in [7, 11) is 0. The van der Waals surface area contributed by atoms with Crippen molar-refractivity contribution in [3.63, 3.8) is 0 Å². The quantitative estimate of drug-likeness (QED) is 0.732. The van der Waals surface area contributed by atoms with E-state index >= 15 is 0 Å². The Bertz CT molecular complexity index is 729. The van der Waals surface area contributed by atoms with E-state index < -0.39 is 17.0 Å². The summed E-state index contributed by atoms with van der Waals surface area (Å²) in [4.78, 5) is 15.2. The number of ether oxygens (including phenoxy) is 2. The molecule has 1 aromatic carbocycles. The lowest BCUT2D eigenvalue weighted by Gasteiger charge is -2.41. The summed E-state index contributed by atoms with van der Waals surface area (Å²) in [5.74, 6) is -0.163. The Morgan fingerprint density at radius 1 is 1.28 bits per heavy atom. The molecule has 0 bridgehead atoms. The fourth-order valence-corrected chi connectivity index (χ4v) is 3.99. The number of halogens is 2. The fraction of sp³-hybridized carbons (Fsp3) is 0.650. The van der Waals surface area contributed by atoms with E-state index in [1.807, 2.05) is 4.90 Å². The van der Waals surface area contributed by atoms with Crippen molar-refractivity contribution in [3.05, 3.63) is 29.0 Å². The van der Waals surface area contributed by atoms with Crippen LogP contribution in [0.15, 0.2) is 18.2 Å². The number of benzene rings is 1. The Kier molecular flexibility index (Phi) is 7.01. The van der Waals surface area contributed by atoms with Gasteiger partial charge in [0.05, 0.1) is 23.8 Å². The maximum Gasteiger partial charge on any atom is 0.219 e. The number of aliphatic hydroxyl groups is 2. The van der Waals surface area contributed by atoms with Gasteiger partial charge in [-0.1, -0.05) is 11.6 Å². The zero-order chi connectivity index (χ0) is 21.1. The highest BCUT2D eigenvalue weighted by atomic mass is 35.5. The minimum atomic E-state index is -1.28. The number of piperidine rings is 1. The highest BCUT2D eigenvalue weighted by Crippen LogP contribution is 2.26. The van der Waals surface area contributed by atoms with Crippen molar-refractivity contribution in [2.45, 2.75) is 31.0 Å². The molecular formula is C20H28ClFN2O5. The van der Waals surface area contributed by atoms with E-state index in [0.717, 1.165) is 0 Å². The van der Waals surface area contributed by atoms with Gasteiger partial charge in [-0.3, -0.25) is 9.69 Å². The summed E-state index contributed by atoms with van der Waals surface area (Å²) in [6.07, 6.45) is 0.986. The summed E-state index contributed by atoms with van der Waals surface area (Å²) in [5.41, 5.74) is -2.20. The Morgan fingerprint density at radius 2 is 2.00 bits per heavy atom. The lowest BCUT2D eigenvalue weighted by molar-refractivity contribution is -0.134. The molecule has 2 aliphatic rings. The Hall–Kier alpha value is -1.45. The third kappa shape index (κ3) is 6.02. The number of amides is 1. The van der Waals surface area contributed by atoms with E-state index in [1.54, 1.807) is 4.90 Å². The molecule has 0 aromatic heterocycles. The smallest absolute Gasteiger partial charge is 0.219 e. The van der Waals surface area contributed by atoms with Crippen LogP contribution in [0.4, 0.5) is 4.39 Å². The molecular weight excluding hydrogens is 403 g/mol. The SMILES string of the molecule is CC(=O)N1CCC(O)(CN2CCOC[C@](O)(COc3ccc(F)c(Cl)c3)C2)CC1. The van der Waals surface area contributed by atoms with Crippen LogP contribution in [0.2, 0.25) is 5.02 Å². The molecule has 1 amide bonds. The van der Waals surface area contributed by atoms with Crippen molar-refractivity contribution in [1.82, 2.24) is 9.80 Å².